The Morgan fingerprint density at radius 2 is 2.05 bits per heavy atom. The van der Waals surface area contributed by atoms with Crippen LogP contribution in [0, 0.1) is 6.92 Å². The zero-order valence-electron chi connectivity index (χ0n) is 11.1. The van der Waals surface area contributed by atoms with Gasteiger partial charge in [-0.2, -0.15) is 0 Å². The van der Waals surface area contributed by atoms with Gasteiger partial charge in [0.15, 0.2) is 6.29 Å². The maximum atomic E-state index is 10.7. The van der Waals surface area contributed by atoms with Crippen LogP contribution in [0.2, 0.25) is 5.02 Å². The topological polar surface area (TPSA) is 26.3 Å². The second-order valence-electron chi connectivity index (χ2n) is 4.70. The third-order valence-electron chi connectivity index (χ3n) is 2.86. The summed E-state index contributed by atoms with van der Waals surface area (Å²) in [6, 6.07) is 5.63. The highest BCUT2D eigenvalue weighted by Crippen LogP contribution is 2.34. The standard InChI is InChI=1S/C15H15ClO2S/c1-9(2)13-6-15(10(3)4-14(13)16)18-11-5-12(7-17)19-8-11/h4-9H,1-3H3. The van der Waals surface area contributed by atoms with Gasteiger partial charge in [0.1, 0.15) is 11.5 Å². The molecule has 2 aromatic rings. The summed E-state index contributed by atoms with van der Waals surface area (Å²) in [4.78, 5) is 11.3. The number of carbonyl (C=O) groups is 1. The first-order chi connectivity index (χ1) is 9.01. The van der Waals surface area contributed by atoms with Crippen molar-refractivity contribution in [2.24, 2.45) is 0 Å². The van der Waals surface area contributed by atoms with E-state index in [1.807, 2.05) is 24.4 Å². The zero-order chi connectivity index (χ0) is 14.0. The van der Waals surface area contributed by atoms with E-state index < -0.39 is 0 Å². The summed E-state index contributed by atoms with van der Waals surface area (Å²) in [5.41, 5.74) is 2.04. The SMILES string of the molecule is Cc1cc(Cl)c(C(C)C)cc1Oc1csc(C=O)c1. The molecule has 1 heterocycles. The van der Waals surface area contributed by atoms with Crippen LogP contribution >= 0.6 is 22.9 Å². The fourth-order valence-electron chi connectivity index (χ4n) is 1.80. The largest absolute Gasteiger partial charge is 0.456 e. The number of rotatable bonds is 4. The summed E-state index contributed by atoms with van der Waals surface area (Å²) < 4.78 is 5.83. The number of thiophene rings is 1. The van der Waals surface area contributed by atoms with Gasteiger partial charge in [0.05, 0.1) is 4.88 Å². The Kier molecular flexibility index (Phi) is 4.27. The summed E-state index contributed by atoms with van der Waals surface area (Å²) in [6.07, 6.45) is 0.825. The lowest BCUT2D eigenvalue weighted by Gasteiger charge is -2.13. The van der Waals surface area contributed by atoms with Gasteiger partial charge in [-0.3, -0.25) is 4.79 Å². The normalized spacial score (nSPS) is 10.8. The Bertz CT molecular complexity index is 602. The highest BCUT2D eigenvalue weighted by atomic mass is 35.5. The van der Waals surface area contributed by atoms with Crippen LogP contribution in [0.3, 0.4) is 0 Å². The minimum Gasteiger partial charge on any atom is -0.456 e. The first-order valence-corrected chi connectivity index (χ1v) is 7.28. The summed E-state index contributed by atoms with van der Waals surface area (Å²) in [5, 5.41) is 2.59. The molecule has 0 fully saturated rings. The van der Waals surface area contributed by atoms with Crippen molar-refractivity contribution >= 4 is 29.2 Å². The predicted octanol–water partition coefficient (Wildman–Crippen LogP) is 5.44. The van der Waals surface area contributed by atoms with Crippen molar-refractivity contribution in [1.29, 1.82) is 0 Å². The molecule has 0 amide bonds. The van der Waals surface area contributed by atoms with Gasteiger partial charge in [-0.05, 0) is 36.1 Å². The van der Waals surface area contributed by atoms with Crippen LogP contribution in [0.4, 0.5) is 0 Å². The lowest BCUT2D eigenvalue weighted by molar-refractivity contribution is 0.112. The number of aryl methyl sites for hydroxylation is 1. The molecule has 2 nitrogen and oxygen atoms in total. The first-order valence-electron chi connectivity index (χ1n) is 6.03. The monoisotopic (exact) mass is 294 g/mol. The number of hydrogen-bond acceptors (Lipinski definition) is 3. The molecular weight excluding hydrogens is 280 g/mol. The maximum Gasteiger partial charge on any atom is 0.160 e. The van der Waals surface area contributed by atoms with E-state index in [2.05, 4.69) is 13.8 Å². The van der Waals surface area contributed by atoms with E-state index in [-0.39, 0.29) is 0 Å². The van der Waals surface area contributed by atoms with Crippen molar-refractivity contribution in [1.82, 2.24) is 0 Å². The number of ether oxygens (including phenoxy) is 1. The third kappa shape index (κ3) is 3.17. The number of benzene rings is 1. The third-order valence-corrected chi connectivity index (χ3v) is 4.02. The van der Waals surface area contributed by atoms with Crippen LogP contribution < -0.4 is 4.74 Å². The fourth-order valence-corrected chi connectivity index (χ4v) is 2.84. The average molecular weight is 295 g/mol. The van der Waals surface area contributed by atoms with E-state index in [1.165, 1.54) is 11.3 Å². The molecule has 0 saturated carbocycles. The Morgan fingerprint density at radius 3 is 2.63 bits per heavy atom. The molecule has 0 aliphatic heterocycles. The molecule has 0 atom stereocenters. The van der Waals surface area contributed by atoms with Crippen molar-refractivity contribution in [3.05, 3.63) is 44.6 Å². The van der Waals surface area contributed by atoms with Crippen LogP contribution in [-0.2, 0) is 0 Å². The van der Waals surface area contributed by atoms with Gasteiger partial charge in [-0.1, -0.05) is 25.4 Å². The Hall–Kier alpha value is -1.32. The molecule has 0 radical (unpaired) electrons. The molecule has 1 aromatic heterocycles. The second kappa shape index (κ2) is 5.76. The molecule has 0 unspecified atom stereocenters. The van der Waals surface area contributed by atoms with E-state index in [0.717, 1.165) is 28.2 Å². The molecule has 0 saturated heterocycles. The molecule has 0 aliphatic carbocycles. The van der Waals surface area contributed by atoms with Crippen molar-refractivity contribution in [2.75, 3.05) is 0 Å². The number of halogens is 1. The van der Waals surface area contributed by atoms with E-state index in [1.54, 1.807) is 6.07 Å². The van der Waals surface area contributed by atoms with Crippen molar-refractivity contribution in [3.63, 3.8) is 0 Å². The molecule has 0 bridgehead atoms. The molecule has 19 heavy (non-hydrogen) atoms. The summed E-state index contributed by atoms with van der Waals surface area (Å²) in [5.74, 6) is 1.80. The highest BCUT2D eigenvalue weighted by Gasteiger charge is 2.11. The van der Waals surface area contributed by atoms with Crippen LogP contribution in [-0.4, -0.2) is 6.29 Å². The van der Waals surface area contributed by atoms with Crippen LogP contribution in [0.5, 0.6) is 11.5 Å². The van der Waals surface area contributed by atoms with E-state index >= 15 is 0 Å². The second-order valence-corrected chi connectivity index (χ2v) is 6.05. The van der Waals surface area contributed by atoms with Gasteiger partial charge < -0.3 is 4.74 Å². The van der Waals surface area contributed by atoms with E-state index in [4.69, 9.17) is 16.3 Å². The van der Waals surface area contributed by atoms with Gasteiger partial charge in [-0.15, -0.1) is 11.3 Å². The van der Waals surface area contributed by atoms with Gasteiger partial charge in [0, 0.05) is 16.5 Å². The highest BCUT2D eigenvalue weighted by molar-refractivity contribution is 7.11. The smallest absolute Gasteiger partial charge is 0.160 e. The van der Waals surface area contributed by atoms with Gasteiger partial charge in [-0.25, -0.2) is 0 Å². The maximum absolute atomic E-state index is 10.7. The molecule has 100 valence electrons. The molecule has 2 rings (SSSR count). The van der Waals surface area contributed by atoms with Gasteiger partial charge >= 0.3 is 0 Å². The number of aldehydes is 1. The molecule has 1 aromatic carbocycles. The van der Waals surface area contributed by atoms with E-state index in [9.17, 15) is 4.79 Å². The lowest BCUT2D eigenvalue weighted by Crippen LogP contribution is -1.93. The predicted molar refractivity (Wildman–Crippen MR) is 80.1 cm³/mol. The fraction of sp³-hybridized carbons (Fsp3) is 0.267. The minimum absolute atomic E-state index is 0.337. The van der Waals surface area contributed by atoms with Crippen LogP contribution in [0.25, 0.3) is 0 Å². The Labute approximate surface area is 122 Å². The quantitative estimate of drug-likeness (QED) is 0.702. The molecular formula is C15H15ClO2S. The molecule has 4 heteroatoms. The Morgan fingerprint density at radius 1 is 1.32 bits per heavy atom. The summed E-state index contributed by atoms with van der Waals surface area (Å²) in [7, 11) is 0. The van der Waals surface area contributed by atoms with E-state index in [0.29, 0.717) is 16.5 Å². The summed E-state index contributed by atoms with van der Waals surface area (Å²) in [6.45, 7) is 6.14. The summed E-state index contributed by atoms with van der Waals surface area (Å²) >= 11 is 7.60. The van der Waals surface area contributed by atoms with Gasteiger partial charge in [0.25, 0.3) is 0 Å². The van der Waals surface area contributed by atoms with Crippen LogP contribution in [0.15, 0.2) is 23.6 Å². The zero-order valence-corrected chi connectivity index (χ0v) is 12.6. The Balaban J connectivity index is 2.33. The lowest BCUT2D eigenvalue weighted by atomic mass is 10.0. The van der Waals surface area contributed by atoms with Crippen molar-refractivity contribution in [3.8, 4) is 11.5 Å². The van der Waals surface area contributed by atoms with Crippen molar-refractivity contribution < 1.29 is 9.53 Å². The number of hydrogen-bond donors (Lipinski definition) is 0. The minimum atomic E-state index is 0.337. The first kappa shape index (κ1) is 14.1. The van der Waals surface area contributed by atoms with Crippen LogP contribution in [0.1, 0.15) is 40.6 Å². The number of carbonyl (C=O) groups excluding carboxylic acids is 1. The molecule has 0 spiro atoms. The van der Waals surface area contributed by atoms with Crippen molar-refractivity contribution in [2.45, 2.75) is 26.7 Å². The average Bonchev–Trinajstić information content (AvgIpc) is 2.80. The molecule has 0 N–H and O–H groups in total. The van der Waals surface area contributed by atoms with Gasteiger partial charge in [0.2, 0.25) is 0 Å². The molecule has 0 aliphatic rings.